The highest BCUT2D eigenvalue weighted by Gasteiger charge is 2.27. The van der Waals surface area contributed by atoms with Gasteiger partial charge in [0.15, 0.2) is 0 Å². The Hall–Kier alpha value is -3.68. The first-order valence-corrected chi connectivity index (χ1v) is 11.7. The largest absolute Gasteiger partial charge is 0.497 e. The number of Topliss-reactive ketones (excluding diaryl/α,β-unsaturated/α-hetero) is 1. The third-order valence-corrected chi connectivity index (χ3v) is 5.98. The molecule has 1 heterocycles. The predicted octanol–water partition coefficient (Wildman–Crippen LogP) is 5.53. The van der Waals surface area contributed by atoms with E-state index in [1.165, 1.54) is 11.5 Å². The van der Waals surface area contributed by atoms with Gasteiger partial charge < -0.3 is 19.9 Å². The maximum atomic E-state index is 13.9. The number of anilines is 1. The molecule has 1 aromatic heterocycles. The van der Waals surface area contributed by atoms with E-state index in [1.54, 1.807) is 25.3 Å². The average Bonchev–Trinajstić information content (AvgIpc) is 3.37. The summed E-state index contributed by atoms with van der Waals surface area (Å²) < 4.78 is 15.5. The Morgan fingerprint density at radius 2 is 1.79 bits per heavy atom. The minimum Gasteiger partial charge on any atom is -0.497 e. The van der Waals surface area contributed by atoms with Crippen LogP contribution in [-0.4, -0.2) is 35.6 Å². The van der Waals surface area contributed by atoms with Gasteiger partial charge in [0.05, 0.1) is 13.7 Å². The van der Waals surface area contributed by atoms with Crippen molar-refractivity contribution in [1.29, 1.82) is 0 Å². The third kappa shape index (κ3) is 5.44. The summed E-state index contributed by atoms with van der Waals surface area (Å²) in [4.78, 5) is 13.9. The van der Waals surface area contributed by atoms with Crippen molar-refractivity contribution >= 4 is 23.0 Å². The molecule has 0 fully saturated rings. The van der Waals surface area contributed by atoms with Gasteiger partial charge >= 0.3 is 0 Å². The molecule has 4 rings (SSSR count). The molecule has 0 spiro atoms. The van der Waals surface area contributed by atoms with Crippen LogP contribution >= 0.6 is 11.5 Å². The summed E-state index contributed by atoms with van der Waals surface area (Å²) in [7, 11) is 1.57. The summed E-state index contributed by atoms with van der Waals surface area (Å²) in [6.45, 7) is 2.07. The third-order valence-electron chi connectivity index (χ3n) is 5.35. The molecule has 1 unspecified atom stereocenters. The number of carbonyl (C=O) groups excluding carboxylic acids is 1. The fourth-order valence-corrected chi connectivity index (χ4v) is 4.32. The van der Waals surface area contributed by atoms with Gasteiger partial charge in [0.2, 0.25) is 5.78 Å². The fourth-order valence-electron chi connectivity index (χ4n) is 3.62. The second kappa shape index (κ2) is 11.0. The Morgan fingerprint density at radius 3 is 2.50 bits per heavy atom. The lowest BCUT2D eigenvalue weighted by Gasteiger charge is -2.20. The summed E-state index contributed by atoms with van der Waals surface area (Å²) >= 11 is 1.27. The molecule has 3 aromatic carbocycles. The molecular weight excluding hydrogens is 448 g/mol. The first-order valence-electron chi connectivity index (χ1n) is 10.9. The van der Waals surface area contributed by atoms with Crippen LogP contribution in [0.3, 0.4) is 0 Å². The van der Waals surface area contributed by atoms with Crippen LogP contribution in [0.4, 0.5) is 5.69 Å². The highest BCUT2D eigenvalue weighted by Crippen LogP contribution is 2.33. The zero-order valence-electron chi connectivity index (χ0n) is 19.0. The topological polar surface area (TPSA) is 80.7 Å². The van der Waals surface area contributed by atoms with E-state index >= 15 is 0 Å². The number of nitrogens with zero attached hydrogens (tertiary/aromatic N) is 1. The standard InChI is InChI=1S/C27H26N2O4S/c1-18-8-10-20(11-9-18)25(28-21-14-22(32-2)16-23(15-21)33-13-12-30)27(31)26-24(17-34-29-26)19-6-4-3-5-7-19/h3-11,14-17,25,28,30H,12-13H2,1-2H3. The van der Waals surface area contributed by atoms with Gasteiger partial charge in [-0.3, -0.25) is 4.79 Å². The molecule has 0 aliphatic heterocycles. The first-order chi connectivity index (χ1) is 16.6. The molecule has 0 amide bonds. The lowest BCUT2D eigenvalue weighted by molar-refractivity contribution is 0.0966. The van der Waals surface area contributed by atoms with E-state index < -0.39 is 6.04 Å². The lowest BCUT2D eigenvalue weighted by Crippen LogP contribution is -2.22. The number of rotatable bonds is 10. The van der Waals surface area contributed by atoms with Crippen molar-refractivity contribution in [2.45, 2.75) is 13.0 Å². The highest BCUT2D eigenvalue weighted by atomic mass is 32.1. The number of hydrogen-bond acceptors (Lipinski definition) is 7. The van der Waals surface area contributed by atoms with Gasteiger partial charge in [-0.15, -0.1) is 0 Å². The zero-order chi connectivity index (χ0) is 23.9. The Labute approximate surface area is 203 Å². The maximum Gasteiger partial charge on any atom is 0.209 e. The van der Waals surface area contributed by atoms with Crippen molar-refractivity contribution in [2.75, 3.05) is 25.6 Å². The number of hydrogen-bond donors (Lipinski definition) is 2. The smallest absolute Gasteiger partial charge is 0.209 e. The van der Waals surface area contributed by atoms with E-state index in [0.29, 0.717) is 22.9 Å². The van der Waals surface area contributed by atoms with Gasteiger partial charge in [-0.2, -0.15) is 4.37 Å². The summed E-state index contributed by atoms with van der Waals surface area (Å²) in [6, 6.07) is 22.3. The summed E-state index contributed by atoms with van der Waals surface area (Å²) in [5.74, 6) is 0.973. The van der Waals surface area contributed by atoms with Crippen LogP contribution in [0.25, 0.3) is 11.1 Å². The quantitative estimate of drug-likeness (QED) is 0.294. The van der Waals surface area contributed by atoms with E-state index in [4.69, 9.17) is 14.6 Å². The van der Waals surface area contributed by atoms with Crippen LogP contribution in [0.1, 0.15) is 27.7 Å². The van der Waals surface area contributed by atoms with Crippen molar-refractivity contribution < 1.29 is 19.4 Å². The molecule has 0 saturated heterocycles. The number of methoxy groups -OCH3 is 1. The Balaban J connectivity index is 1.73. The maximum absolute atomic E-state index is 13.9. The molecule has 34 heavy (non-hydrogen) atoms. The molecule has 1 atom stereocenters. The van der Waals surface area contributed by atoms with E-state index in [9.17, 15) is 4.79 Å². The Morgan fingerprint density at radius 1 is 1.06 bits per heavy atom. The summed E-state index contributed by atoms with van der Waals surface area (Å²) in [5, 5.41) is 14.4. The minimum atomic E-state index is -0.678. The van der Waals surface area contributed by atoms with E-state index in [-0.39, 0.29) is 19.0 Å². The number of aromatic nitrogens is 1. The van der Waals surface area contributed by atoms with Crippen LogP contribution in [-0.2, 0) is 0 Å². The van der Waals surface area contributed by atoms with Gasteiger partial charge in [-0.1, -0.05) is 60.2 Å². The van der Waals surface area contributed by atoms with Crippen molar-refractivity contribution in [3.05, 3.63) is 95.0 Å². The van der Waals surface area contributed by atoms with Crippen molar-refractivity contribution in [2.24, 2.45) is 0 Å². The molecule has 0 saturated carbocycles. The molecule has 174 valence electrons. The lowest BCUT2D eigenvalue weighted by atomic mass is 9.95. The number of aliphatic hydroxyl groups excluding tert-OH is 1. The number of carbonyl (C=O) groups is 1. The van der Waals surface area contributed by atoms with Crippen LogP contribution in [0.5, 0.6) is 11.5 Å². The molecule has 0 aliphatic rings. The molecular formula is C27H26N2O4S. The highest BCUT2D eigenvalue weighted by molar-refractivity contribution is 7.04. The van der Waals surface area contributed by atoms with Crippen molar-refractivity contribution in [3.8, 4) is 22.6 Å². The summed E-state index contributed by atoms with van der Waals surface area (Å²) in [5.41, 5.74) is 4.77. The zero-order valence-corrected chi connectivity index (χ0v) is 19.8. The molecule has 6 nitrogen and oxygen atoms in total. The first kappa shape index (κ1) is 23.5. The fraction of sp³-hybridized carbons (Fsp3) is 0.185. The number of ether oxygens (including phenoxy) is 2. The number of benzene rings is 3. The summed E-state index contributed by atoms with van der Waals surface area (Å²) in [6.07, 6.45) is 0. The van der Waals surface area contributed by atoms with Crippen LogP contribution in [0.15, 0.2) is 78.2 Å². The number of aliphatic hydroxyl groups is 1. The van der Waals surface area contributed by atoms with Crippen LogP contribution in [0.2, 0.25) is 0 Å². The van der Waals surface area contributed by atoms with Gasteiger partial charge in [0, 0.05) is 34.8 Å². The van der Waals surface area contributed by atoms with Gasteiger partial charge in [-0.05, 0) is 29.6 Å². The van der Waals surface area contributed by atoms with E-state index in [0.717, 1.165) is 22.3 Å². The van der Waals surface area contributed by atoms with E-state index in [2.05, 4.69) is 9.69 Å². The Kier molecular flexibility index (Phi) is 7.57. The monoisotopic (exact) mass is 474 g/mol. The van der Waals surface area contributed by atoms with E-state index in [1.807, 2.05) is 66.9 Å². The minimum absolute atomic E-state index is 0.101. The van der Waals surface area contributed by atoms with Crippen molar-refractivity contribution in [1.82, 2.24) is 4.37 Å². The second-order valence-corrected chi connectivity index (χ2v) is 8.39. The number of aryl methyl sites for hydroxylation is 1. The average molecular weight is 475 g/mol. The molecule has 7 heteroatoms. The molecule has 4 aromatic rings. The molecule has 0 radical (unpaired) electrons. The molecule has 0 aliphatic carbocycles. The normalized spacial score (nSPS) is 11.6. The second-order valence-electron chi connectivity index (χ2n) is 7.76. The van der Waals surface area contributed by atoms with Gasteiger partial charge in [-0.25, -0.2) is 0 Å². The Bertz CT molecular complexity index is 1240. The molecule has 0 bridgehead atoms. The predicted molar refractivity (Wildman–Crippen MR) is 135 cm³/mol. The SMILES string of the molecule is COc1cc(NC(C(=O)c2nscc2-c2ccccc2)c2ccc(C)cc2)cc(OCCO)c1. The van der Waals surface area contributed by atoms with Gasteiger partial charge in [0.25, 0.3) is 0 Å². The van der Waals surface area contributed by atoms with Crippen LogP contribution in [0, 0.1) is 6.92 Å². The number of ketones is 1. The van der Waals surface area contributed by atoms with Crippen LogP contribution < -0.4 is 14.8 Å². The van der Waals surface area contributed by atoms with Crippen molar-refractivity contribution in [3.63, 3.8) is 0 Å². The van der Waals surface area contributed by atoms with Gasteiger partial charge in [0.1, 0.15) is 29.8 Å². The number of nitrogens with one attached hydrogen (secondary N) is 1. The molecule has 2 N–H and O–H groups in total.